The lowest BCUT2D eigenvalue weighted by Crippen LogP contribution is -1.97. The Morgan fingerprint density at radius 2 is 1.94 bits per heavy atom. The fourth-order valence-corrected chi connectivity index (χ4v) is 1.59. The summed E-state index contributed by atoms with van der Waals surface area (Å²) in [5.74, 6) is -1.77. The van der Waals surface area contributed by atoms with Gasteiger partial charge in [0, 0.05) is 5.56 Å². The molecule has 1 aromatic heterocycles. The zero-order valence-corrected chi connectivity index (χ0v) is 9.50. The van der Waals surface area contributed by atoms with Crippen LogP contribution in [0.3, 0.4) is 0 Å². The van der Waals surface area contributed by atoms with E-state index >= 15 is 0 Å². The maximum atomic E-state index is 13.7. The maximum Gasteiger partial charge on any atom is 0.230 e. The van der Waals surface area contributed by atoms with E-state index in [2.05, 4.69) is 9.68 Å². The van der Waals surface area contributed by atoms with Crippen LogP contribution in [0.5, 0.6) is 0 Å². The number of hydrogen-bond donors (Lipinski definition) is 1. The molecular weight excluding hydrogens is 226 g/mol. The van der Waals surface area contributed by atoms with E-state index in [1.165, 1.54) is 12.3 Å². The predicted molar refractivity (Wildman–Crippen MR) is 60.4 cm³/mol. The minimum absolute atomic E-state index is 0.0239. The van der Waals surface area contributed by atoms with Crippen molar-refractivity contribution in [1.29, 1.82) is 0 Å². The minimum atomic E-state index is -0.940. The van der Waals surface area contributed by atoms with Crippen LogP contribution in [0.15, 0.2) is 22.9 Å². The number of hydrogen-bond acceptors (Lipinski definition) is 3. The van der Waals surface area contributed by atoms with Crippen molar-refractivity contribution in [2.45, 2.75) is 19.8 Å². The number of nitrogens with two attached hydrogens (primary N) is 1. The van der Waals surface area contributed by atoms with Crippen molar-refractivity contribution in [3.8, 4) is 11.1 Å². The first kappa shape index (κ1) is 11.6. The Balaban J connectivity index is 2.65. The van der Waals surface area contributed by atoms with E-state index in [1.807, 2.05) is 13.8 Å². The molecule has 1 aromatic carbocycles. The van der Waals surface area contributed by atoms with Crippen molar-refractivity contribution in [2.75, 3.05) is 5.73 Å². The zero-order valence-electron chi connectivity index (χ0n) is 9.50. The molecule has 0 aliphatic rings. The molecule has 0 spiro atoms. The summed E-state index contributed by atoms with van der Waals surface area (Å²) in [7, 11) is 0. The third kappa shape index (κ3) is 2.00. The van der Waals surface area contributed by atoms with Gasteiger partial charge >= 0.3 is 0 Å². The second-order valence-electron chi connectivity index (χ2n) is 4.12. The highest BCUT2D eigenvalue weighted by atomic mass is 19.2. The van der Waals surface area contributed by atoms with Crippen LogP contribution in [0.4, 0.5) is 14.7 Å². The Morgan fingerprint density at radius 1 is 1.24 bits per heavy atom. The average Bonchev–Trinajstić information content (AvgIpc) is 2.68. The van der Waals surface area contributed by atoms with Gasteiger partial charge in [0.1, 0.15) is 0 Å². The van der Waals surface area contributed by atoms with E-state index in [9.17, 15) is 8.78 Å². The van der Waals surface area contributed by atoms with Gasteiger partial charge in [-0.2, -0.15) is 0 Å². The van der Waals surface area contributed by atoms with Crippen molar-refractivity contribution in [2.24, 2.45) is 0 Å². The molecule has 0 radical (unpaired) electrons. The molecule has 0 amide bonds. The summed E-state index contributed by atoms with van der Waals surface area (Å²) < 4.78 is 31.8. The van der Waals surface area contributed by atoms with E-state index in [0.717, 1.165) is 0 Å². The van der Waals surface area contributed by atoms with Gasteiger partial charge in [-0.25, -0.2) is 8.78 Å². The van der Waals surface area contributed by atoms with E-state index in [-0.39, 0.29) is 22.9 Å². The molecule has 0 atom stereocenters. The number of aromatic nitrogens is 1. The highest BCUT2D eigenvalue weighted by Gasteiger charge is 2.17. The summed E-state index contributed by atoms with van der Waals surface area (Å²) >= 11 is 0. The third-order valence-electron chi connectivity index (χ3n) is 2.61. The molecule has 0 fully saturated rings. The molecule has 2 N–H and O–H groups in total. The van der Waals surface area contributed by atoms with Gasteiger partial charge in [0.25, 0.3) is 0 Å². The fraction of sp³-hybridized carbons (Fsp3) is 0.250. The highest BCUT2D eigenvalue weighted by Crippen LogP contribution is 2.32. The molecule has 0 aliphatic heterocycles. The van der Waals surface area contributed by atoms with Crippen LogP contribution in [0.2, 0.25) is 0 Å². The van der Waals surface area contributed by atoms with Crippen LogP contribution in [0.25, 0.3) is 11.1 Å². The van der Waals surface area contributed by atoms with Gasteiger partial charge in [0.2, 0.25) is 5.88 Å². The Labute approximate surface area is 97.2 Å². The second-order valence-corrected chi connectivity index (χ2v) is 4.12. The zero-order chi connectivity index (χ0) is 12.6. The molecule has 2 aromatic rings. The average molecular weight is 238 g/mol. The van der Waals surface area contributed by atoms with Crippen molar-refractivity contribution in [1.82, 2.24) is 5.16 Å². The summed E-state index contributed by atoms with van der Waals surface area (Å²) in [4.78, 5) is 0. The molecule has 5 heteroatoms. The van der Waals surface area contributed by atoms with Crippen molar-refractivity contribution >= 4 is 5.88 Å². The Bertz CT molecular complexity index is 549. The van der Waals surface area contributed by atoms with Crippen LogP contribution in [-0.2, 0) is 0 Å². The monoisotopic (exact) mass is 238 g/mol. The molecule has 0 saturated heterocycles. The molecule has 0 bridgehead atoms. The van der Waals surface area contributed by atoms with Crippen LogP contribution in [0, 0.1) is 11.6 Å². The van der Waals surface area contributed by atoms with E-state index in [0.29, 0.717) is 5.56 Å². The second kappa shape index (κ2) is 4.16. The van der Waals surface area contributed by atoms with Crippen molar-refractivity contribution in [3.05, 3.63) is 35.5 Å². The molecule has 17 heavy (non-hydrogen) atoms. The molecule has 0 aliphatic carbocycles. The highest BCUT2D eigenvalue weighted by molar-refractivity contribution is 5.73. The van der Waals surface area contributed by atoms with E-state index in [1.54, 1.807) is 6.07 Å². The number of anilines is 1. The van der Waals surface area contributed by atoms with Crippen molar-refractivity contribution < 1.29 is 13.3 Å². The predicted octanol–water partition coefficient (Wildman–Crippen LogP) is 3.33. The van der Waals surface area contributed by atoms with Gasteiger partial charge in [-0.3, -0.25) is 0 Å². The lowest BCUT2D eigenvalue weighted by Gasteiger charge is -2.09. The van der Waals surface area contributed by atoms with Gasteiger partial charge < -0.3 is 10.3 Å². The van der Waals surface area contributed by atoms with E-state index < -0.39 is 11.6 Å². The summed E-state index contributed by atoms with van der Waals surface area (Å²) in [6.07, 6.45) is 1.28. The quantitative estimate of drug-likeness (QED) is 0.873. The number of halogens is 2. The molecule has 0 saturated carbocycles. The molecule has 1 heterocycles. The lowest BCUT2D eigenvalue weighted by atomic mass is 9.97. The van der Waals surface area contributed by atoms with Crippen LogP contribution in [0.1, 0.15) is 25.3 Å². The summed E-state index contributed by atoms with van der Waals surface area (Å²) in [5.41, 5.74) is 6.54. The van der Waals surface area contributed by atoms with Gasteiger partial charge in [-0.05, 0) is 23.6 Å². The SMILES string of the molecule is CC(C)c1cc(F)c(F)c(-c2cnoc2N)c1. The molecule has 2 rings (SSSR count). The Kier molecular flexibility index (Phi) is 2.83. The normalized spacial score (nSPS) is 11.1. The smallest absolute Gasteiger partial charge is 0.230 e. The van der Waals surface area contributed by atoms with Gasteiger partial charge in [-0.1, -0.05) is 19.0 Å². The number of benzene rings is 1. The van der Waals surface area contributed by atoms with Crippen LogP contribution < -0.4 is 5.73 Å². The minimum Gasteiger partial charge on any atom is -0.367 e. The van der Waals surface area contributed by atoms with Crippen LogP contribution >= 0.6 is 0 Å². The van der Waals surface area contributed by atoms with Crippen molar-refractivity contribution in [3.63, 3.8) is 0 Å². The molecule has 3 nitrogen and oxygen atoms in total. The molecule has 0 unspecified atom stereocenters. The first-order chi connectivity index (χ1) is 8.00. The Hall–Kier alpha value is -1.91. The maximum absolute atomic E-state index is 13.7. The Morgan fingerprint density at radius 3 is 2.47 bits per heavy atom. The molecule has 90 valence electrons. The standard InChI is InChI=1S/C12H12F2N2O/c1-6(2)7-3-8(11(14)10(13)4-7)9-5-16-17-12(9)15/h3-6H,15H2,1-2H3. The topological polar surface area (TPSA) is 52.0 Å². The molecular formula is C12H12F2N2O. The van der Waals surface area contributed by atoms with Crippen LogP contribution in [-0.4, -0.2) is 5.16 Å². The number of nitrogens with zero attached hydrogens (tertiary/aromatic N) is 1. The fourth-order valence-electron chi connectivity index (χ4n) is 1.59. The van der Waals surface area contributed by atoms with Gasteiger partial charge in [-0.15, -0.1) is 0 Å². The summed E-state index contributed by atoms with van der Waals surface area (Å²) in [5, 5.41) is 3.45. The number of rotatable bonds is 2. The first-order valence-corrected chi connectivity index (χ1v) is 5.20. The number of nitrogen functional groups attached to an aromatic ring is 1. The summed E-state index contributed by atoms with van der Waals surface area (Å²) in [6.45, 7) is 3.79. The largest absolute Gasteiger partial charge is 0.367 e. The lowest BCUT2D eigenvalue weighted by molar-refractivity contribution is 0.436. The summed E-state index contributed by atoms with van der Waals surface area (Å²) in [6, 6.07) is 2.75. The van der Waals surface area contributed by atoms with Gasteiger partial charge in [0.15, 0.2) is 11.6 Å². The van der Waals surface area contributed by atoms with Gasteiger partial charge in [0.05, 0.1) is 11.8 Å². The first-order valence-electron chi connectivity index (χ1n) is 5.20. The third-order valence-corrected chi connectivity index (χ3v) is 2.61. The van der Waals surface area contributed by atoms with E-state index in [4.69, 9.17) is 5.73 Å².